The van der Waals surface area contributed by atoms with E-state index in [4.69, 9.17) is 11.6 Å². The summed E-state index contributed by atoms with van der Waals surface area (Å²) in [5.74, 6) is 0. The summed E-state index contributed by atoms with van der Waals surface area (Å²) in [5.41, 5.74) is 2.66. The lowest BCUT2D eigenvalue weighted by Gasteiger charge is -2.26. The molecule has 0 aromatic heterocycles. The van der Waals surface area contributed by atoms with E-state index < -0.39 is 0 Å². The Morgan fingerprint density at radius 3 is 2.50 bits per heavy atom. The molecule has 100 valence electrons. The van der Waals surface area contributed by atoms with Gasteiger partial charge in [0.25, 0.3) is 0 Å². The van der Waals surface area contributed by atoms with Gasteiger partial charge in [-0.25, -0.2) is 0 Å². The van der Waals surface area contributed by atoms with Crippen LogP contribution in [0.5, 0.6) is 0 Å². The highest BCUT2D eigenvalue weighted by Gasteiger charge is 2.19. The lowest BCUT2D eigenvalue weighted by Crippen LogP contribution is -2.35. The largest absolute Gasteiger partial charge is 0.370 e. The summed E-state index contributed by atoms with van der Waals surface area (Å²) in [4.78, 5) is 2.42. The molecule has 0 radical (unpaired) electrons. The molecular weight excluding hydrogens is 244 g/mol. The van der Waals surface area contributed by atoms with Gasteiger partial charge < -0.3 is 10.2 Å². The predicted molar refractivity (Wildman–Crippen MR) is 79.5 cm³/mol. The summed E-state index contributed by atoms with van der Waals surface area (Å²) < 4.78 is 0. The van der Waals surface area contributed by atoms with Crippen molar-refractivity contribution in [3.63, 3.8) is 0 Å². The highest BCUT2D eigenvalue weighted by molar-refractivity contribution is 6.33. The second-order valence-corrected chi connectivity index (χ2v) is 6.45. The summed E-state index contributed by atoms with van der Waals surface area (Å²) in [6.45, 7) is 9.70. The minimum atomic E-state index is 0.130. The van der Waals surface area contributed by atoms with Crippen LogP contribution in [0.3, 0.4) is 0 Å². The van der Waals surface area contributed by atoms with E-state index >= 15 is 0 Å². The van der Waals surface area contributed by atoms with Gasteiger partial charge in [0.2, 0.25) is 0 Å². The fraction of sp³-hybridized carbons (Fsp3) is 0.600. The maximum atomic E-state index is 6.39. The van der Waals surface area contributed by atoms with Crippen LogP contribution in [0.2, 0.25) is 5.02 Å². The first-order valence-corrected chi connectivity index (χ1v) is 7.12. The van der Waals surface area contributed by atoms with Crippen LogP contribution in [0.25, 0.3) is 0 Å². The molecule has 1 aliphatic heterocycles. The van der Waals surface area contributed by atoms with Gasteiger partial charge >= 0.3 is 0 Å². The van der Waals surface area contributed by atoms with Crippen LogP contribution in [0.15, 0.2) is 18.2 Å². The summed E-state index contributed by atoms with van der Waals surface area (Å²) >= 11 is 6.39. The molecule has 0 spiro atoms. The monoisotopic (exact) mass is 266 g/mol. The third-order valence-electron chi connectivity index (χ3n) is 3.30. The van der Waals surface area contributed by atoms with Gasteiger partial charge in [-0.15, -0.1) is 0 Å². The van der Waals surface area contributed by atoms with Crippen molar-refractivity contribution in [3.05, 3.63) is 28.8 Å². The second kappa shape index (κ2) is 5.50. The van der Waals surface area contributed by atoms with Crippen LogP contribution < -0.4 is 10.2 Å². The Labute approximate surface area is 115 Å². The van der Waals surface area contributed by atoms with E-state index in [2.05, 4.69) is 37.1 Å². The molecule has 18 heavy (non-hydrogen) atoms. The number of rotatable bonds is 3. The van der Waals surface area contributed by atoms with Crippen molar-refractivity contribution in [2.45, 2.75) is 45.7 Å². The topological polar surface area (TPSA) is 15.3 Å². The quantitative estimate of drug-likeness (QED) is 0.895. The third-order valence-corrected chi connectivity index (χ3v) is 3.61. The van der Waals surface area contributed by atoms with Crippen molar-refractivity contribution in [3.8, 4) is 0 Å². The van der Waals surface area contributed by atoms with E-state index in [1.54, 1.807) is 0 Å². The minimum absolute atomic E-state index is 0.130. The first-order chi connectivity index (χ1) is 8.47. The van der Waals surface area contributed by atoms with Gasteiger partial charge in [-0.1, -0.05) is 23.7 Å². The summed E-state index contributed by atoms with van der Waals surface area (Å²) in [5, 5.41) is 4.42. The summed E-state index contributed by atoms with van der Waals surface area (Å²) in [6, 6.07) is 6.22. The highest BCUT2D eigenvalue weighted by atomic mass is 35.5. The van der Waals surface area contributed by atoms with Gasteiger partial charge in [-0.3, -0.25) is 0 Å². The molecular formula is C15H23ClN2. The molecule has 0 amide bonds. The molecule has 0 aliphatic carbocycles. The van der Waals surface area contributed by atoms with E-state index in [-0.39, 0.29) is 5.54 Å². The fourth-order valence-corrected chi connectivity index (χ4v) is 2.67. The normalized spacial score (nSPS) is 16.3. The molecule has 1 aromatic rings. The van der Waals surface area contributed by atoms with Gasteiger partial charge in [0.15, 0.2) is 0 Å². The maximum absolute atomic E-state index is 6.39. The van der Waals surface area contributed by atoms with Crippen molar-refractivity contribution in [1.29, 1.82) is 0 Å². The number of halogens is 1. The molecule has 0 saturated carbocycles. The van der Waals surface area contributed by atoms with Crippen LogP contribution in [-0.2, 0) is 6.54 Å². The summed E-state index contributed by atoms with van der Waals surface area (Å²) in [7, 11) is 0. The Morgan fingerprint density at radius 1 is 1.22 bits per heavy atom. The lowest BCUT2D eigenvalue weighted by molar-refractivity contribution is 0.424. The van der Waals surface area contributed by atoms with Crippen molar-refractivity contribution in [2.75, 3.05) is 18.0 Å². The van der Waals surface area contributed by atoms with E-state index in [0.29, 0.717) is 0 Å². The van der Waals surface area contributed by atoms with Gasteiger partial charge in [0, 0.05) is 25.2 Å². The number of anilines is 1. The van der Waals surface area contributed by atoms with Crippen LogP contribution in [-0.4, -0.2) is 18.6 Å². The molecule has 1 heterocycles. The Morgan fingerprint density at radius 2 is 1.89 bits per heavy atom. The van der Waals surface area contributed by atoms with Gasteiger partial charge in [-0.2, -0.15) is 0 Å². The Kier molecular flexibility index (Phi) is 4.18. The van der Waals surface area contributed by atoms with E-state index in [0.717, 1.165) is 24.7 Å². The molecule has 1 fully saturated rings. The maximum Gasteiger partial charge on any atom is 0.0642 e. The Hall–Kier alpha value is -0.730. The number of nitrogens with one attached hydrogen (secondary N) is 1. The van der Waals surface area contributed by atoms with E-state index in [1.165, 1.54) is 24.1 Å². The lowest BCUT2D eigenvalue weighted by atomic mass is 10.1. The van der Waals surface area contributed by atoms with Gasteiger partial charge in [0.05, 0.1) is 10.7 Å². The van der Waals surface area contributed by atoms with Crippen LogP contribution >= 0.6 is 11.6 Å². The highest BCUT2D eigenvalue weighted by Crippen LogP contribution is 2.32. The standard InChI is InChI=1S/C15H23ClN2/c1-15(2,3)17-11-12-7-6-8-13(16)14(12)18-9-4-5-10-18/h6-8,17H,4-5,9-11H2,1-3H3. The smallest absolute Gasteiger partial charge is 0.0642 e. The summed E-state index contributed by atoms with van der Waals surface area (Å²) in [6.07, 6.45) is 2.55. The molecule has 2 rings (SSSR count). The molecule has 1 aliphatic rings. The number of nitrogens with zero attached hydrogens (tertiary/aromatic N) is 1. The van der Waals surface area contributed by atoms with Crippen molar-refractivity contribution in [1.82, 2.24) is 5.32 Å². The molecule has 2 nitrogen and oxygen atoms in total. The Bertz CT molecular complexity index is 403. The third kappa shape index (κ3) is 3.39. The van der Waals surface area contributed by atoms with E-state index in [9.17, 15) is 0 Å². The van der Waals surface area contributed by atoms with Crippen molar-refractivity contribution < 1.29 is 0 Å². The molecule has 1 N–H and O–H groups in total. The van der Waals surface area contributed by atoms with Gasteiger partial charge in [0.1, 0.15) is 0 Å². The zero-order valence-electron chi connectivity index (χ0n) is 11.6. The van der Waals surface area contributed by atoms with Gasteiger partial charge in [-0.05, 0) is 45.2 Å². The van der Waals surface area contributed by atoms with Crippen LogP contribution in [0.1, 0.15) is 39.2 Å². The van der Waals surface area contributed by atoms with Crippen LogP contribution in [0.4, 0.5) is 5.69 Å². The zero-order chi connectivity index (χ0) is 13.2. The molecule has 1 aromatic carbocycles. The number of hydrogen-bond acceptors (Lipinski definition) is 2. The first kappa shape index (κ1) is 13.7. The molecule has 0 atom stereocenters. The van der Waals surface area contributed by atoms with Crippen LogP contribution in [0, 0.1) is 0 Å². The molecule has 3 heteroatoms. The number of benzene rings is 1. The first-order valence-electron chi connectivity index (χ1n) is 6.75. The van der Waals surface area contributed by atoms with E-state index in [1.807, 2.05) is 12.1 Å². The van der Waals surface area contributed by atoms with Crippen molar-refractivity contribution >= 4 is 17.3 Å². The average molecular weight is 267 g/mol. The minimum Gasteiger partial charge on any atom is -0.370 e. The second-order valence-electron chi connectivity index (χ2n) is 6.05. The SMILES string of the molecule is CC(C)(C)NCc1cccc(Cl)c1N1CCCC1. The fourth-order valence-electron chi connectivity index (χ4n) is 2.36. The molecule has 1 saturated heterocycles. The molecule has 0 bridgehead atoms. The van der Waals surface area contributed by atoms with Crippen molar-refractivity contribution in [2.24, 2.45) is 0 Å². The Balaban J connectivity index is 2.20. The predicted octanol–water partition coefficient (Wildman–Crippen LogP) is 3.83. The number of hydrogen-bond donors (Lipinski definition) is 1. The average Bonchev–Trinajstić information content (AvgIpc) is 2.78. The number of para-hydroxylation sites is 1. The zero-order valence-corrected chi connectivity index (χ0v) is 12.3. The molecule has 0 unspecified atom stereocenters.